The molecule has 2 fully saturated rings. The summed E-state index contributed by atoms with van der Waals surface area (Å²) in [7, 11) is 0. The van der Waals surface area contributed by atoms with E-state index in [-0.39, 0.29) is 17.7 Å². The lowest BCUT2D eigenvalue weighted by Gasteiger charge is -2.39. The SMILES string of the molecule is NC(=O)c1cc(OC2CCCN(C(=O)C3(c4ccc(Cl)cc4)CCCC3)C2)ccn1. The minimum absolute atomic E-state index is 0.130. The van der Waals surface area contributed by atoms with Gasteiger partial charge < -0.3 is 15.4 Å². The molecule has 2 amide bonds. The Balaban J connectivity index is 1.50. The molecule has 0 spiro atoms. The highest BCUT2D eigenvalue weighted by Gasteiger charge is 2.45. The number of benzene rings is 1. The van der Waals surface area contributed by atoms with Crippen LogP contribution in [0.4, 0.5) is 0 Å². The number of hydrogen-bond donors (Lipinski definition) is 1. The van der Waals surface area contributed by atoms with Crippen molar-refractivity contribution in [1.82, 2.24) is 9.88 Å². The number of halogens is 1. The van der Waals surface area contributed by atoms with Crippen LogP contribution in [0.5, 0.6) is 5.75 Å². The van der Waals surface area contributed by atoms with Crippen molar-refractivity contribution in [3.05, 3.63) is 58.9 Å². The molecule has 0 bridgehead atoms. The molecule has 2 aliphatic rings. The van der Waals surface area contributed by atoms with Gasteiger partial charge in [-0.05, 0) is 49.4 Å². The fraction of sp³-hybridized carbons (Fsp3) is 0.435. The van der Waals surface area contributed by atoms with Crippen LogP contribution in [-0.4, -0.2) is 40.9 Å². The lowest BCUT2D eigenvalue weighted by atomic mass is 9.77. The minimum atomic E-state index is -0.591. The van der Waals surface area contributed by atoms with Gasteiger partial charge in [0.2, 0.25) is 5.91 Å². The zero-order valence-electron chi connectivity index (χ0n) is 16.9. The molecule has 2 aromatic rings. The summed E-state index contributed by atoms with van der Waals surface area (Å²) in [6.07, 6.45) is 6.94. The Morgan fingerprint density at radius 1 is 1.13 bits per heavy atom. The molecular formula is C23H26ClN3O3. The van der Waals surface area contributed by atoms with E-state index in [4.69, 9.17) is 22.1 Å². The van der Waals surface area contributed by atoms with Crippen molar-refractivity contribution in [2.45, 2.75) is 50.0 Å². The summed E-state index contributed by atoms with van der Waals surface area (Å²) >= 11 is 6.07. The lowest BCUT2D eigenvalue weighted by molar-refractivity contribution is -0.140. The molecule has 1 aromatic carbocycles. The minimum Gasteiger partial charge on any atom is -0.488 e. The third-order valence-electron chi connectivity index (χ3n) is 6.22. The summed E-state index contributed by atoms with van der Waals surface area (Å²) in [5.41, 5.74) is 6.06. The molecule has 1 aliphatic carbocycles. The number of piperidine rings is 1. The van der Waals surface area contributed by atoms with Crippen LogP contribution in [0.1, 0.15) is 54.6 Å². The van der Waals surface area contributed by atoms with Crippen LogP contribution in [0.3, 0.4) is 0 Å². The number of aromatic nitrogens is 1. The number of pyridine rings is 1. The smallest absolute Gasteiger partial charge is 0.267 e. The first kappa shape index (κ1) is 20.7. The summed E-state index contributed by atoms with van der Waals surface area (Å²) < 4.78 is 6.08. The number of ether oxygens (including phenoxy) is 1. The number of carbonyl (C=O) groups is 2. The van der Waals surface area contributed by atoms with E-state index in [1.165, 1.54) is 6.20 Å². The van der Waals surface area contributed by atoms with E-state index < -0.39 is 11.3 Å². The maximum absolute atomic E-state index is 13.7. The number of hydrogen-bond acceptors (Lipinski definition) is 4. The van der Waals surface area contributed by atoms with Crippen molar-refractivity contribution in [2.24, 2.45) is 5.73 Å². The van der Waals surface area contributed by atoms with Gasteiger partial charge in [-0.2, -0.15) is 0 Å². The molecular weight excluding hydrogens is 402 g/mol. The molecule has 1 saturated heterocycles. The van der Waals surface area contributed by atoms with E-state index in [1.807, 2.05) is 29.2 Å². The molecule has 158 valence electrons. The van der Waals surface area contributed by atoms with Crippen molar-refractivity contribution in [3.8, 4) is 5.75 Å². The third-order valence-corrected chi connectivity index (χ3v) is 6.47. The van der Waals surface area contributed by atoms with E-state index in [2.05, 4.69) is 4.98 Å². The van der Waals surface area contributed by atoms with E-state index in [9.17, 15) is 9.59 Å². The van der Waals surface area contributed by atoms with Crippen LogP contribution >= 0.6 is 11.6 Å². The van der Waals surface area contributed by atoms with Gasteiger partial charge in [-0.3, -0.25) is 14.6 Å². The quantitative estimate of drug-likeness (QED) is 0.788. The van der Waals surface area contributed by atoms with Crippen LogP contribution in [-0.2, 0) is 10.2 Å². The third kappa shape index (κ3) is 4.15. The predicted molar refractivity (Wildman–Crippen MR) is 115 cm³/mol. The topological polar surface area (TPSA) is 85.5 Å². The second kappa shape index (κ2) is 8.64. The van der Waals surface area contributed by atoms with Crippen molar-refractivity contribution >= 4 is 23.4 Å². The van der Waals surface area contributed by atoms with Gasteiger partial charge in [0.1, 0.15) is 17.5 Å². The van der Waals surface area contributed by atoms with Gasteiger partial charge in [0, 0.05) is 23.8 Å². The zero-order valence-corrected chi connectivity index (χ0v) is 17.6. The lowest BCUT2D eigenvalue weighted by Crippen LogP contribution is -2.51. The molecule has 0 radical (unpaired) electrons. The fourth-order valence-electron chi connectivity index (χ4n) is 4.71. The fourth-order valence-corrected chi connectivity index (χ4v) is 4.83. The second-order valence-electron chi connectivity index (χ2n) is 8.17. The van der Waals surface area contributed by atoms with Crippen LogP contribution in [0.2, 0.25) is 5.02 Å². The summed E-state index contributed by atoms with van der Waals surface area (Å²) in [6.45, 7) is 1.26. The van der Waals surface area contributed by atoms with Crippen molar-refractivity contribution < 1.29 is 14.3 Å². The average molecular weight is 428 g/mol. The van der Waals surface area contributed by atoms with Gasteiger partial charge in [-0.15, -0.1) is 0 Å². The average Bonchev–Trinajstić information content (AvgIpc) is 3.25. The Bertz CT molecular complexity index is 926. The number of rotatable bonds is 5. The van der Waals surface area contributed by atoms with Crippen molar-refractivity contribution in [3.63, 3.8) is 0 Å². The van der Waals surface area contributed by atoms with Gasteiger partial charge >= 0.3 is 0 Å². The largest absolute Gasteiger partial charge is 0.488 e. The molecule has 1 saturated carbocycles. The first-order valence-corrected chi connectivity index (χ1v) is 10.8. The predicted octanol–water partition coefficient (Wildman–Crippen LogP) is 3.72. The Kier molecular flexibility index (Phi) is 5.95. The summed E-state index contributed by atoms with van der Waals surface area (Å²) in [6, 6.07) is 11.0. The normalized spacial score (nSPS) is 20.7. The summed E-state index contributed by atoms with van der Waals surface area (Å²) in [4.78, 5) is 31.0. The van der Waals surface area contributed by atoms with E-state index in [0.29, 0.717) is 17.3 Å². The number of primary amides is 1. The first-order chi connectivity index (χ1) is 14.5. The standard InChI is InChI=1S/C23H26ClN3O3/c24-17-7-5-16(6-8-17)23(10-1-2-11-23)22(29)27-13-3-4-19(15-27)30-18-9-12-26-20(14-18)21(25)28/h5-9,12,14,19H,1-4,10-11,13,15H2,(H2,25,28). The maximum Gasteiger partial charge on any atom is 0.267 e. The Labute approximate surface area is 181 Å². The number of nitrogens with zero attached hydrogens (tertiary/aromatic N) is 2. The molecule has 6 nitrogen and oxygen atoms in total. The van der Waals surface area contributed by atoms with Gasteiger partial charge in [0.05, 0.1) is 12.0 Å². The number of carbonyl (C=O) groups excluding carboxylic acids is 2. The van der Waals surface area contributed by atoms with Gasteiger partial charge in [0.25, 0.3) is 5.91 Å². The molecule has 1 unspecified atom stereocenters. The Hall–Kier alpha value is -2.60. The highest BCUT2D eigenvalue weighted by atomic mass is 35.5. The van der Waals surface area contributed by atoms with Crippen LogP contribution in [0.15, 0.2) is 42.6 Å². The van der Waals surface area contributed by atoms with E-state index in [0.717, 1.165) is 50.6 Å². The highest BCUT2D eigenvalue weighted by Crippen LogP contribution is 2.43. The highest BCUT2D eigenvalue weighted by molar-refractivity contribution is 6.30. The molecule has 1 aliphatic heterocycles. The molecule has 2 heterocycles. The van der Waals surface area contributed by atoms with Crippen LogP contribution in [0.25, 0.3) is 0 Å². The van der Waals surface area contributed by atoms with Crippen LogP contribution < -0.4 is 10.5 Å². The first-order valence-electron chi connectivity index (χ1n) is 10.5. The number of nitrogens with two attached hydrogens (primary N) is 1. The molecule has 1 aromatic heterocycles. The van der Waals surface area contributed by atoms with Gasteiger partial charge in [-0.1, -0.05) is 36.6 Å². The van der Waals surface area contributed by atoms with Gasteiger partial charge in [0.15, 0.2) is 0 Å². The molecule has 30 heavy (non-hydrogen) atoms. The molecule has 7 heteroatoms. The van der Waals surface area contributed by atoms with E-state index >= 15 is 0 Å². The van der Waals surface area contributed by atoms with Crippen LogP contribution in [0, 0.1) is 0 Å². The Morgan fingerprint density at radius 3 is 2.57 bits per heavy atom. The second-order valence-corrected chi connectivity index (χ2v) is 8.61. The van der Waals surface area contributed by atoms with Gasteiger partial charge in [-0.25, -0.2) is 0 Å². The zero-order chi connectivity index (χ0) is 21.1. The Morgan fingerprint density at radius 2 is 1.87 bits per heavy atom. The number of likely N-dealkylation sites (tertiary alicyclic amines) is 1. The molecule has 2 N–H and O–H groups in total. The summed E-state index contributed by atoms with van der Waals surface area (Å²) in [5, 5.41) is 0.679. The monoisotopic (exact) mass is 427 g/mol. The number of amides is 2. The summed E-state index contributed by atoms with van der Waals surface area (Å²) in [5.74, 6) is 0.140. The van der Waals surface area contributed by atoms with Crippen molar-refractivity contribution in [2.75, 3.05) is 13.1 Å². The van der Waals surface area contributed by atoms with E-state index in [1.54, 1.807) is 12.1 Å². The van der Waals surface area contributed by atoms with Crippen molar-refractivity contribution in [1.29, 1.82) is 0 Å². The molecule has 4 rings (SSSR count). The maximum atomic E-state index is 13.7. The molecule has 1 atom stereocenters.